The molecular formula is C55H33N3OS. The lowest BCUT2D eigenvalue weighted by atomic mass is 9.89. The number of para-hydroxylation sites is 2. The van der Waals surface area contributed by atoms with Crippen LogP contribution in [-0.4, -0.2) is 15.0 Å². The highest BCUT2D eigenvalue weighted by atomic mass is 32.1. The van der Waals surface area contributed by atoms with Gasteiger partial charge in [-0.1, -0.05) is 170 Å². The first-order chi connectivity index (χ1) is 29.7. The second-order valence-corrected chi connectivity index (χ2v) is 16.1. The van der Waals surface area contributed by atoms with Gasteiger partial charge in [0.2, 0.25) is 0 Å². The highest BCUT2D eigenvalue weighted by Gasteiger charge is 2.20. The Morgan fingerprint density at radius 1 is 0.383 bits per heavy atom. The zero-order chi connectivity index (χ0) is 39.6. The van der Waals surface area contributed by atoms with Gasteiger partial charge < -0.3 is 4.42 Å². The van der Waals surface area contributed by atoms with Crippen molar-refractivity contribution >= 4 is 64.4 Å². The molecule has 0 unspecified atom stereocenters. The lowest BCUT2D eigenvalue weighted by Gasteiger charge is -2.14. The molecule has 0 aliphatic heterocycles. The van der Waals surface area contributed by atoms with E-state index < -0.39 is 0 Å². The number of hydrogen-bond acceptors (Lipinski definition) is 5. The van der Waals surface area contributed by atoms with Crippen LogP contribution in [0.2, 0.25) is 0 Å². The number of hydrogen-bond donors (Lipinski definition) is 0. The van der Waals surface area contributed by atoms with Crippen LogP contribution in [0.1, 0.15) is 0 Å². The molecule has 0 N–H and O–H groups in total. The summed E-state index contributed by atoms with van der Waals surface area (Å²) in [5.74, 6) is 0.684. The van der Waals surface area contributed by atoms with Gasteiger partial charge in [-0.15, -0.1) is 11.3 Å². The van der Waals surface area contributed by atoms with Crippen molar-refractivity contribution in [1.29, 1.82) is 0 Å². The molecule has 4 heterocycles. The van der Waals surface area contributed by atoms with E-state index in [1.807, 2.05) is 59.9 Å². The summed E-state index contributed by atoms with van der Waals surface area (Å²) in [7, 11) is 0. The van der Waals surface area contributed by atoms with Gasteiger partial charge in [0.1, 0.15) is 11.2 Å². The average molecular weight is 784 g/mol. The van der Waals surface area contributed by atoms with Crippen LogP contribution < -0.4 is 0 Å². The maximum atomic E-state index is 6.46. The Balaban J connectivity index is 0.998. The van der Waals surface area contributed by atoms with E-state index in [0.717, 1.165) is 89.0 Å². The van der Waals surface area contributed by atoms with E-state index >= 15 is 0 Å². The fraction of sp³-hybridized carbons (Fsp3) is 0. The van der Waals surface area contributed by atoms with Crippen molar-refractivity contribution in [3.05, 3.63) is 200 Å². The summed E-state index contributed by atoms with van der Waals surface area (Å²) in [5.41, 5.74) is 14.1. The highest BCUT2D eigenvalue weighted by Crippen LogP contribution is 2.46. The van der Waals surface area contributed by atoms with Gasteiger partial charge in [-0.3, -0.25) is 0 Å². The van der Waals surface area contributed by atoms with Crippen LogP contribution in [0.3, 0.4) is 0 Å². The number of aromatic nitrogens is 3. The van der Waals surface area contributed by atoms with Crippen molar-refractivity contribution < 1.29 is 4.42 Å². The van der Waals surface area contributed by atoms with E-state index in [-0.39, 0.29) is 0 Å². The summed E-state index contributed by atoms with van der Waals surface area (Å²) in [6, 6.07) is 70.1. The first kappa shape index (κ1) is 34.3. The van der Waals surface area contributed by atoms with E-state index in [9.17, 15) is 0 Å². The molecule has 0 saturated carbocycles. The molecule has 0 atom stereocenters. The summed E-state index contributed by atoms with van der Waals surface area (Å²) in [6.45, 7) is 0. The molecule has 5 heteroatoms. The van der Waals surface area contributed by atoms with Crippen molar-refractivity contribution in [2.24, 2.45) is 0 Å². The smallest absolute Gasteiger partial charge is 0.160 e. The molecule has 8 aromatic carbocycles. The second kappa shape index (κ2) is 14.0. The van der Waals surface area contributed by atoms with Crippen molar-refractivity contribution in [3.8, 4) is 67.4 Å². The quantitative estimate of drug-likeness (QED) is 0.169. The molecule has 60 heavy (non-hydrogen) atoms. The normalized spacial score (nSPS) is 11.7. The zero-order valence-corrected chi connectivity index (χ0v) is 33.0. The number of rotatable bonds is 6. The van der Waals surface area contributed by atoms with Gasteiger partial charge in [0.05, 0.1) is 27.3 Å². The molecule has 0 saturated heterocycles. The summed E-state index contributed by atoms with van der Waals surface area (Å²) in [4.78, 5) is 15.5. The molecule has 0 fully saturated rings. The van der Waals surface area contributed by atoms with Crippen molar-refractivity contribution in [1.82, 2.24) is 15.0 Å². The Labute approximate surface area is 349 Å². The Bertz CT molecular complexity index is 3520. The number of pyridine rings is 1. The number of nitrogens with zero attached hydrogens (tertiary/aromatic N) is 3. The monoisotopic (exact) mass is 783 g/mol. The van der Waals surface area contributed by atoms with E-state index in [4.69, 9.17) is 19.4 Å². The first-order valence-corrected chi connectivity index (χ1v) is 20.9. The van der Waals surface area contributed by atoms with Crippen molar-refractivity contribution in [2.75, 3.05) is 0 Å². The molecule has 12 aromatic rings. The van der Waals surface area contributed by atoms with Crippen LogP contribution in [0.5, 0.6) is 0 Å². The predicted molar refractivity (Wildman–Crippen MR) is 250 cm³/mol. The second-order valence-electron chi connectivity index (χ2n) is 15.1. The summed E-state index contributed by atoms with van der Waals surface area (Å²) in [5, 5.41) is 5.92. The third-order valence-electron chi connectivity index (χ3n) is 11.5. The number of fused-ring (bicyclic) bond motifs is 8. The summed E-state index contributed by atoms with van der Waals surface area (Å²) < 4.78 is 8.94. The molecule has 0 aliphatic carbocycles. The van der Waals surface area contributed by atoms with Gasteiger partial charge in [-0.25, -0.2) is 15.0 Å². The summed E-state index contributed by atoms with van der Waals surface area (Å²) in [6.07, 6.45) is 0. The van der Waals surface area contributed by atoms with E-state index in [2.05, 4.69) is 152 Å². The van der Waals surface area contributed by atoms with Gasteiger partial charge in [0.25, 0.3) is 0 Å². The Morgan fingerprint density at radius 3 is 1.70 bits per heavy atom. The lowest BCUT2D eigenvalue weighted by molar-refractivity contribution is 0.669. The van der Waals surface area contributed by atoms with Gasteiger partial charge >= 0.3 is 0 Å². The maximum absolute atomic E-state index is 6.46. The van der Waals surface area contributed by atoms with Gasteiger partial charge in [0.15, 0.2) is 5.82 Å². The van der Waals surface area contributed by atoms with Crippen LogP contribution in [0, 0.1) is 0 Å². The molecular weight excluding hydrogens is 751 g/mol. The number of thiophene rings is 1. The summed E-state index contributed by atoms with van der Waals surface area (Å²) >= 11 is 1.82. The fourth-order valence-electron chi connectivity index (χ4n) is 8.67. The third-order valence-corrected chi connectivity index (χ3v) is 12.7. The van der Waals surface area contributed by atoms with Crippen LogP contribution >= 0.6 is 11.3 Å². The van der Waals surface area contributed by atoms with Gasteiger partial charge in [0, 0.05) is 59.4 Å². The Kier molecular flexibility index (Phi) is 8.00. The average Bonchev–Trinajstić information content (AvgIpc) is 3.91. The predicted octanol–water partition coefficient (Wildman–Crippen LogP) is 15.3. The molecule has 0 aliphatic rings. The molecule has 0 amide bonds. The molecule has 4 aromatic heterocycles. The van der Waals surface area contributed by atoms with Crippen LogP contribution in [-0.2, 0) is 0 Å². The minimum absolute atomic E-state index is 0.684. The molecule has 0 spiro atoms. The van der Waals surface area contributed by atoms with E-state index in [1.54, 1.807) is 0 Å². The zero-order valence-electron chi connectivity index (χ0n) is 32.2. The molecule has 12 rings (SSSR count). The molecule has 0 bridgehead atoms. The largest absolute Gasteiger partial charge is 0.456 e. The fourth-order valence-corrected chi connectivity index (χ4v) is 9.90. The van der Waals surface area contributed by atoms with Crippen LogP contribution in [0.4, 0.5) is 0 Å². The maximum Gasteiger partial charge on any atom is 0.160 e. The standard InChI is InChI=1S/C55H33N3OS/c1-3-13-35(14-4-1)45-33-46(36-15-5-2-6-16-36)58-55(57-45)39-29-23-34(24-30-39)40-31-32-48-52(42-18-8-11-21-47(42)59-48)50(40)37-25-27-38(28-26-37)53-54-51(41-17-7-10-20-44(41)56-53)43-19-9-12-22-49(43)60-54/h1-33H. The van der Waals surface area contributed by atoms with Crippen molar-refractivity contribution in [2.45, 2.75) is 0 Å². The SMILES string of the molecule is c1ccc(-c2cc(-c3ccccc3)nc(-c3ccc(-c4ccc5oc6ccccc6c5c4-c4ccc(-c5nc6ccccc6c6c5sc5ccccc56)cc4)cc3)n2)cc1. The minimum atomic E-state index is 0.684. The topological polar surface area (TPSA) is 51.8 Å². The number of benzene rings is 8. The molecule has 4 nitrogen and oxygen atoms in total. The molecule has 280 valence electrons. The third kappa shape index (κ3) is 5.70. The Morgan fingerprint density at radius 2 is 0.967 bits per heavy atom. The van der Waals surface area contributed by atoms with Crippen LogP contribution in [0.15, 0.2) is 205 Å². The van der Waals surface area contributed by atoms with Crippen LogP contribution in [0.25, 0.3) is 120 Å². The minimum Gasteiger partial charge on any atom is -0.456 e. The van der Waals surface area contributed by atoms with E-state index in [0.29, 0.717) is 5.82 Å². The highest BCUT2D eigenvalue weighted by molar-refractivity contribution is 7.26. The lowest BCUT2D eigenvalue weighted by Crippen LogP contribution is -1.96. The number of furan rings is 1. The first-order valence-electron chi connectivity index (χ1n) is 20.1. The van der Waals surface area contributed by atoms with E-state index in [1.165, 1.54) is 25.6 Å². The van der Waals surface area contributed by atoms with Crippen molar-refractivity contribution in [3.63, 3.8) is 0 Å². The van der Waals surface area contributed by atoms with Gasteiger partial charge in [-0.05, 0) is 47.0 Å². The molecule has 0 radical (unpaired) electrons. The van der Waals surface area contributed by atoms with Gasteiger partial charge in [-0.2, -0.15) is 0 Å². The Hall–Kier alpha value is -7.73.